The topological polar surface area (TPSA) is 91.3 Å². The smallest absolute Gasteiger partial charge is 0.457 e. The van der Waals surface area contributed by atoms with Crippen LogP contribution in [0.15, 0.2) is 158 Å². The van der Waals surface area contributed by atoms with Crippen LogP contribution in [0.4, 0.5) is 0 Å². The molecule has 0 aliphatic heterocycles. The highest BCUT2D eigenvalue weighted by Gasteiger charge is 2.26. The lowest BCUT2D eigenvalue weighted by Crippen LogP contribution is -2.37. The minimum Gasteiger partial charge on any atom is -0.457 e. The number of carbonyl (C=O) groups is 1. The molecule has 0 spiro atoms. The van der Waals surface area contributed by atoms with E-state index in [0.29, 0.717) is 24.1 Å². The van der Waals surface area contributed by atoms with Gasteiger partial charge >= 0.3 is 13.8 Å². The number of carbonyl (C=O) groups excluding carboxylic acids is 1. The van der Waals surface area contributed by atoms with E-state index in [1.54, 1.807) is 0 Å². The van der Waals surface area contributed by atoms with Gasteiger partial charge in [-0.3, -0.25) is 13.8 Å². The Balaban J connectivity index is 4.30. The van der Waals surface area contributed by atoms with Gasteiger partial charge in [-0.15, -0.1) is 0 Å². The number of nitrogens with zero attached hydrogens (tertiary/aromatic N) is 1. The van der Waals surface area contributed by atoms with Crippen LogP contribution in [-0.4, -0.2) is 75.6 Å². The summed E-state index contributed by atoms with van der Waals surface area (Å²) in [6.45, 7) is 5.24. The molecule has 0 aromatic rings. The van der Waals surface area contributed by atoms with Crippen molar-refractivity contribution in [3.05, 3.63) is 158 Å². The maximum absolute atomic E-state index is 12.8. The van der Waals surface area contributed by atoms with E-state index in [2.05, 4.69) is 172 Å². The van der Waals surface area contributed by atoms with Crippen molar-refractivity contribution in [2.45, 2.75) is 174 Å². The van der Waals surface area contributed by atoms with Crippen molar-refractivity contribution in [1.82, 2.24) is 0 Å². The average molecular weight is 1000 g/mol. The first-order chi connectivity index (χ1) is 34.6. The quantitative estimate of drug-likeness (QED) is 0.0213. The number of phosphoric ester groups is 1. The largest absolute Gasteiger partial charge is 0.472 e. The van der Waals surface area contributed by atoms with Crippen LogP contribution in [0.25, 0.3) is 0 Å². The summed E-state index contributed by atoms with van der Waals surface area (Å²) in [4.78, 5) is 23.0. The van der Waals surface area contributed by atoms with E-state index in [9.17, 15) is 14.3 Å². The Labute approximate surface area is 435 Å². The van der Waals surface area contributed by atoms with Gasteiger partial charge in [-0.25, -0.2) is 4.57 Å². The highest BCUT2D eigenvalue weighted by Crippen LogP contribution is 2.43. The summed E-state index contributed by atoms with van der Waals surface area (Å²) in [5.74, 6) is -0.382. The molecule has 0 aliphatic carbocycles. The fraction of sp³-hybridized carbons (Fsp3) is 0.565. The van der Waals surface area contributed by atoms with Gasteiger partial charge in [0.15, 0.2) is 0 Å². The van der Waals surface area contributed by atoms with Crippen molar-refractivity contribution in [2.24, 2.45) is 0 Å². The molecule has 400 valence electrons. The molecule has 0 fully saturated rings. The molecule has 0 heterocycles. The highest BCUT2D eigenvalue weighted by atomic mass is 31.2. The Hall–Kier alpha value is -3.88. The van der Waals surface area contributed by atoms with Gasteiger partial charge in [-0.05, 0) is 116 Å². The third-order valence-electron chi connectivity index (χ3n) is 10.6. The Kier molecular flexibility index (Phi) is 49.6. The molecule has 0 aliphatic rings. The molecule has 0 saturated heterocycles. The van der Waals surface area contributed by atoms with E-state index in [1.807, 2.05) is 21.1 Å². The van der Waals surface area contributed by atoms with Gasteiger partial charge in [-0.1, -0.05) is 204 Å². The Morgan fingerprint density at radius 3 is 1.15 bits per heavy atom. The number of rotatable bonds is 48. The van der Waals surface area contributed by atoms with Crippen LogP contribution in [0, 0.1) is 0 Å². The molecule has 0 radical (unpaired) electrons. The lowest BCUT2D eigenvalue weighted by molar-refractivity contribution is -0.870. The maximum atomic E-state index is 12.8. The fourth-order valence-corrected chi connectivity index (χ4v) is 7.23. The predicted octanol–water partition coefficient (Wildman–Crippen LogP) is 17.4. The molecule has 0 rings (SSSR count). The van der Waals surface area contributed by atoms with Gasteiger partial charge in [-0.2, -0.15) is 0 Å². The molecule has 2 unspecified atom stereocenters. The number of allylic oxidation sites excluding steroid dienone is 26. The monoisotopic (exact) mass is 1000 g/mol. The molecule has 0 bridgehead atoms. The lowest BCUT2D eigenvalue weighted by Gasteiger charge is -2.24. The molecule has 8 nitrogen and oxygen atoms in total. The number of ether oxygens (including phenoxy) is 2. The fourth-order valence-electron chi connectivity index (χ4n) is 6.49. The summed E-state index contributed by atoms with van der Waals surface area (Å²) in [6.07, 6.45) is 80.2. The van der Waals surface area contributed by atoms with Gasteiger partial charge in [0.25, 0.3) is 0 Å². The highest BCUT2D eigenvalue weighted by molar-refractivity contribution is 7.47. The second-order valence-corrected chi connectivity index (χ2v) is 19.9. The van der Waals surface area contributed by atoms with Gasteiger partial charge in [0.1, 0.15) is 19.3 Å². The Bertz CT molecular complexity index is 1680. The molecule has 0 aromatic carbocycles. The van der Waals surface area contributed by atoms with Crippen LogP contribution in [0.1, 0.15) is 168 Å². The maximum Gasteiger partial charge on any atom is 0.472 e. The van der Waals surface area contributed by atoms with Crippen molar-refractivity contribution in [2.75, 3.05) is 54.1 Å². The first kappa shape index (κ1) is 67.1. The summed E-state index contributed by atoms with van der Waals surface area (Å²) >= 11 is 0. The van der Waals surface area contributed by atoms with Gasteiger partial charge < -0.3 is 18.9 Å². The minimum absolute atomic E-state index is 0.0648. The average Bonchev–Trinajstić information content (AvgIpc) is 3.33. The molecule has 2 atom stereocenters. The second kappa shape index (κ2) is 52.4. The summed E-state index contributed by atoms with van der Waals surface area (Å²) < 4.78 is 35.1. The number of phosphoric acid groups is 1. The lowest BCUT2D eigenvalue weighted by atomic mass is 10.1. The number of likely N-dealkylation sites (N-methyl/N-ethyl adjacent to an activating group) is 1. The minimum atomic E-state index is -4.32. The van der Waals surface area contributed by atoms with E-state index in [0.717, 1.165) is 116 Å². The number of quaternary nitrogens is 1. The standard InChI is InChI=1S/C62H100NO7P/c1-6-8-10-12-14-16-18-20-22-24-26-28-30-31-32-34-36-38-40-42-44-46-48-50-52-54-57-67-59-61(60-69-71(65,66)68-58-56-63(3,4)5)70-62(64)55-53-51-49-47-45-43-41-39-37-35-33-29-27-25-23-21-19-17-15-13-11-9-7-2/h8-11,14-17,20-23,26-29,31-32,35-38,41,43,47,49,61H,6-7,12-13,18-19,24-25,30,33-34,39-40,42,44-46,48,50-60H2,1-5H3/p+1/b10-8-,11-9-,16-14-,17-15-,22-20-,23-21-,28-26-,29-27-,32-31-,37-35-,38-36-,43-41-,49-47-. The predicted molar refractivity (Wildman–Crippen MR) is 306 cm³/mol. The van der Waals surface area contributed by atoms with Crippen LogP contribution in [-0.2, 0) is 27.9 Å². The van der Waals surface area contributed by atoms with Crippen LogP contribution < -0.4 is 0 Å². The Morgan fingerprint density at radius 2 is 0.775 bits per heavy atom. The van der Waals surface area contributed by atoms with Gasteiger partial charge in [0.2, 0.25) is 0 Å². The molecule has 0 aromatic heterocycles. The molecular formula is C62H101NO7P+. The first-order valence-corrected chi connectivity index (χ1v) is 28.7. The number of hydrogen-bond acceptors (Lipinski definition) is 6. The SMILES string of the molecule is CC/C=C\C/C=C\C/C=C\C/C=C\C/C=C\C/C=C\C/C=C\CCCC(=O)OC(COCCCCCCCCC/C=C\C/C=C\C/C=C\C/C=C\C/C=C\C/C=C\CC)COP(=O)(O)OCC[N+](C)(C)C. The zero-order valence-electron chi connectivity index (χ0n) is 45.4. The molecule has 0 saturated carbocycles. The molecule has 71 heavy (non-hydrogen) atoms. The van der Waals surface area contributed by atoms with E-state index in [-0.39, 0.29) is 32.2 Å². The van der Waals surface area contributed by atoms with Crippen LogP contribution >= 0.6 is 7.82 Å². The molecule has 0 amide bonds. The summed E-state index contributed by atoms with van der Waals surface area (Å²) in [5.41, 5.74) is 0. The summed E-state index contributed by atoms with van der Waals surface area (Å²) in [7, 11) is 1.59. The van der Waals surface area contributed by atoms with Crippen LogP contribution in [0.5, 0.6) is 0 Å². The van der Waals surface area contributed by atoms with Crippen molar-refractivity contribution >= 4 is 13.8 Å². The third-order valence-corrected chi connectivity index (χ3v) is 11.6. The van der Waals surface area contributed by atoms with Gasteiger partial charge in [0.05, 0.1) is 34.4 Å². The van der Waals surface area contributed by atoms with Gasteiger partial charge in [0, 0.05) is 13.0 Å². The van der Waals surface area contributed by atoms with E-state index < -0.39 is 13.9 Å². The van der Waals surface area contributed by atoms with E-state index in [4.69, 9.17) is 18.5 Å². The normalized spacial score (nSPS) is 14.7. The van der Waals surface area contributed by atoms with Crippen molar-refractivity contribution in [3.8, 4) is 0 Å². The zero-order chi connectivity index (χ0) is 51.9. The zero-order valence-corrected chi connectivity index (χ0v) is 46.3. The molecule has 1 N–H and O–H groups in total. The number of hydrogen-bond donors (Lipinski definition) is 1. The van der Waals surface area contributed by atoms with E-state index in [1.165, 1.54) is 25.7 Å². The van der Waals surface area contributed by atoms with E-state index >= 15 is 0 Å². The third kappa shape index (κ3) is 56.9. The molecular weight excluding hydrogens is 902 g/mol. The van der Waals surface area contributed by atoms with Crippen molar-refractivity contribution in [3.63, 3.8) is 0 Å². The van der Waals surface area contributed by atoms with Crippen LogP contribution in [0.2, 0.25) is 0 Å². The Morgan fingerprint density at radius 1 is 0.437 bits per heavy atom. The second-order valence-electron chi connectivity index (χ2n) is 18.5. The van der Waals surface area contributed by atoms with Crippen LogP contribution in [0.3, 0.4) is 0 Å². The first-order valence-electron chi connectivity index (χ1n) is 27.2. The summed E-state index contributed by atoms with van der Waals surface area (Å²) in [5, 5.41) is 0. The number of esters is 1. The van der Waals surface area contributed by atoms with Crippen molar-refractivity contribution < 1.29 is 37.3 Å². The number of unbranched alkanes of at least 4 members (excludes halogenated alkanes) is 8. The summed E-state index contributed by atoms with van der Waals surface area (Å²) in [6, 6.07) is 0. The van der Waals surface area contributed by atoms with Crippen molar-refractivity contribution in [1.29, 1.82) is 0 Å². The molecule has 9 heteroatoms.